The molecule has 106 valence electrons. The predicted octanol–water partition coefficient (Wildman–Crippen LogP) is 3.76. The number of benzene rings is 2. The third-order valence-electron chi connectivity index (χ3n) is 3.59. The Balaban J connectivity index is 1.92. The molecule has 1 N–H and O–H groups in total. The highest BCUT2D eigenvalue weighted by atomic mass is 31.1. The molecule has 0 aromatic heterocycles. The summed E-state index contributed by atoms with van der Waals surface area (Å²) >= 11 is 0. The Bertz CT molecular complexity index is 706. The van der Waals surface area contributed by atoms with Crippen molar-refractivity contribution in [1.82, 2.24) is 0 Å². The van der Waals surface area contributed by atoms with E-state index in [9.17, 15) is 9.50 Å². The Morgan fingerprint density at radius 1 is 1.00 bits per heavy atom. The maximum Gasteiger partial charge on any atom is 0.130 e. The second-order valence-electron chi connectivity index (χ2n) is 5.00. The first-order valence-electron chi connectivity index (χ1n) is 6.92. The fourth-order valence-electron chi connectivity index (χ4n) is 2.48. The summed E-state index contributed by atoms with van der Waals surface area (Å²) in [6, 6.07) is 12.5. The third kappa shape index (κ3) is 3.06. The van der Waals surface area contributed by atoms with Crippen LogP contribution >= 0.6 is 8.58 Å². The summed E-state index contributed by atoms with van der Waals surface area (Å²) in [5.74, 6) is 0.269. The van der Waals surface area contributed by atoms with Gasteiger partial charge in [-0.25, -0.2) is 4.39 Å². The molecule has 0 amide bonds. The number of phenols is 1. The molecule has 2 aromatic rings. The van der Waals surface area contributed by atoms with Crippen LogP contribution in [0.1, 0.15) is 17.9 Å². The van der Waals surface area contributed by atoms with Gasteiger partial charge >= 0.3 is 0 Å². The zero-order chi connectivity index (χ0) is 14.7. The first-order valence-corrected chi connectivity index (χ1v) is 7.92. The van der Waals surface area contributed by atoms with E-state index in [0.717, 1.165) is 17.3 Å². The van der Waals surface area contributed by atoms with Gasteiger partial charge in [-0.3, -0.25) is 0 Å². The molecule has 2 aromatic carbocycles. The number of hydrogen-bond donors (Lipinski definition) is 1. The van der Waals surface area contributed by atoms with Crippen LogP contribution in [0.2, 0.25) is 0 Å². The SMILES string of the molecule is Oc1c(Pc2ccccc2F)cccc1C1C=CC=CC1. The molecule has 21 heavy (non-hydrogen) atoms. The van der Waals surface area contributed by atoms with Gasteiger partial charge < -0.3 is 5.11 Å². The smallest absolute Gasteiger partial charge is 0.130 e. The summed E-state index contributed by atoms with van der Waals surface area (Å²) in [6.45, 7) is 0. The quantitative estimate of drug-likeness (QED) is 0.855. The van der Waals surface area contributed by atoms with Gasteiger partial charge in [-0.1, -0.05) is 69.3 Å². The summed E-state index contributed by atoms with van der Waals surface area (Å²) in [4.78, 5) is 0. The van der Waals surface area contributed by atoms with Crippen LogP contribution in [0.25, 0.3) is 0 Å². The third-order valence-corrected chi connectivity index (χ3v) is 4.94. The van der Waals surface area contributed by atoms with Crippen LogP contribution in [0, 0.1) is 5.82 Å². The van der Waals surface area contributed by atoms with Gasteiger partial charge in [-0.15, -0.1) is 0 Å². The predicted molar refractivity (Wildman–Crippen MR) is 87.7 cm³/mol. The lowest BCUT2D eigenvalue weighted by Gasteiger charge is -2.17. The largest absolute Gasteiger partial charge is 0.507 e. The van der Waals surface area contributed by atoms with E-state index in [1.807, 2.05) is 36.4 Å². The zero-order valence-electron chi connectivity index (χ0n) is 11.5. The molecule has 0 radical (unpaired) electrons. The van der Waals surface area contributed by atoms with Crippen molar-refractivity contribution < 1.29 is 9.50 Å². The normalized spacial score (nSPS) is 17.7. The Morgan fingerprint density at radius 2 is 1.81 bits per heavy atom. The summed E-state index contributed by atoms with van der Waals surface area (Å²) in [5.41, 5.74) is 0.914. The molecule has 2 unspecified atom stereocenters. The Kier molecular flexibility index (Phi) is 4.17. The molecule has 0 saturated carbocycles. The van der Waals surface area contributed by atoms with Gasteiger partial charge in [0.05, 0.1) is 0 Å². The number of para-hydroxylation sites is 1. The summed E-state index contributed by atoms with van der Waals surface area (Å²) < 4.78 is 13.8. The van der Waals surface area contributed by atoms with E-state index in [1.54, 1.807) is 12.1 Å². The van der Waals surface area contributed by atoms with Crippen LogP contribution in [0.4, 0.5) is 4.39 Å². The topological polar surface area (TPSA) is 20.2 Å². The van der Waals surface area contributed by atoms with Crippen LogP contribution in [0.5, 0.6) is 5.75 Å². The van der Waals surface area contributed by atoms with E-state index in [4.69, 9.17) is 0 Å². The molecule has 1 aliphatic carbocycles. The minimum atomic E-state index is -0.221. The van der Waals surface area contributed by atoms with Crippen LogP contribution in [0.15, 0.2) is 66.8 Å². The van der Waals surface area contributed by atoms with Crippen molar-refractivity contribution in [3.05, 3.63) is 78.1 Å². The number of aromatic hydroxyl groups is 1. The minimum Gasteiger partial charge on any atom is -0.507 e. The van der Waals surface area contributed by atoms with Gasteiger partial charge in [0.2, 0.25) is 0 Å². The molecule has 0 fully saturated rings. The Labute approximate surface area is 125 Å². The fraction of sp³-hybridized carbons (Fsp3) is 0.111. The second kappa shape index (κ2) is 6.24. The van der Waals surface area contributed by atoms with Gasteiger partial charge in [0.1, 0.15) is 11.6 Å². The molecular formula is C18H16FOP. The van der Waals surface area contributed by atoms with Crippen molar-refractivity contribution in [1.29, 1.82) is 0 Å². The van der Waals surface area contributed by atoms with Crippen molar-refractivity contribution in [3.8, 4) is 5.75 Å². The number of rotatable bonds is 3. The Morgan fingerprint density at radius 3 is 2.57 bits per heavy atom. The van der Waals surface area contributed by atoms with Gasteiger partial charge in [0.25, 0.3) is 0 Å². The van der Waals surface area contributed by atoms with Gasteiger partial charge in [0, 0.05) is 22.1 Å². The van der Waals surface area contributed by atoms with Crippen LogP contribution < -0.4 is 10.6 Å². The van der Waals surface area contributed by atoms with E-state index >= 15 is 0 Å². The molecule has 3 rings (SSSR count). The van der Waals surface area contributed by atoms with Gasteiger partial charge in [-0.05, 0) is 12.5 Å². The summed E-state index contributed by atoms with van der Waals surface area (Å²) in [5, 5.41) is 11.9. The molecular weight excluding hydrogens is 282 g/mol. The van der Waals surface area contributed by atoms with Gasteiger partial charge in [0.15, 0.2) is 0 Å². The lowest BCUT2D eigenvalue weighted by Crippen LogP contribution is -2.10. The highest BCUT2D eigenvalue weighted by molar-refractivity contribution is 7.55. The van der Waals surface area contributed by atoms with E-state index in [2.05, 4.69) is 12.2 Å². The van der Waals surface area contributed by atoms with E-state index in [1.165, 1.54) is 6.07 Å². The van der Waals surface area contributed by atoms with Crippen molar-refractivity contribution in [2.24, 2.45) is 0 Å². The number of allylic oxidation sites excluding steroid dienone is 4. The average molecular weight is 298 g/mol. The average Bonchev–Trinajstić information content (AvgIpc) is 2.52. The Hall–Kier alpha value is -1.92. The maximum atomic E-state index is 13.8. The molecule has 3 heteroatoms. The van der Waals surface area contributed by atoms with E-state index in [0.29, 0.717) is 11.1 Å². The number of phenolic OH excluding ortho intramolecular Hbond substituents is 1. The minimum absolute atomic E-state index is 0.118. The highest BCUT2D eigenvalue weighted by Gasteiger charge is 2.16. The molecule has 1 nitrogen and oxygen atoms in total. The molecule has 2 atom stereocenters. The first kappa shape index (κ1) is 14.0. The number of hydrogen-bond acceptors (Lipinski definition) is 1. The molecule has 0 spiro atoms. The fourth-order valence-corrected chi connectivity index (χ4v) is 3.60. The molecule has 0 saturated heterocycles. The van der Waals surface area contributed by atoms with Crippen LogP contribution in [0.3, 0.4) is 0 Å². The van der Waals surface area contributed by atoms with Crippen molar-refractivity contribution >= 4 is 19.2 Å². The summed E-state index contributed by atoms with van der Waals surface area (Å²) in [6.07, 6.45) is 9.08. The standard InChI is InChI=1S/C18H16FOP/c19-15-10-4-5-11-16(15)21-17-12-6-9-14(18(17)20)13-7-2-1-3-8-13/h1-7,9-13,20-21H,8H2. The van der Waals surface area contributed by atoms with E-state index in [-0.39, 0.29) is 20.3 Å². The van der Waals surface area contributed by atoms with Crippen LogP contribution in [-0.4, -0.2) is 5.11 Å². The van der Waals surface area contributed by atoms with Crippen molar-refractivity contribution in [3.63, 3.8) is 0 Å². The lowest BCUT2D eigenvalue weighted by atomic mass is 9.92. The second-order valence-corrected chi connectivity index (χ2v) is 6.33. The number of halogens is 1. The molecule has 0 aliphatic heterocycles. The highest BCUT2D eigenvalue weighted by Crippen LogP contribution is 2.32. The molecule has 0 heterocycles. The van der Waals surface area contributed by atoms with Crippen molar-refractivity contribution in [2.45, 2.75) is 12.3 Å². The van der Waals surface area contributed by atoms with Crippen LogP contribution in [-0.2, 0) is 0 Å². The molecule has 0 bridgehead atoms. The van der Waals surface area contributed by atoms with Crippen molar-refractivity contribution in [2.75, 3.05) is 0 Å². The maximum absolute atomic E-state index is 13.8. The first-order chi connectivity index (χ1) is 10.3. The zero-order valence-corrected chi connectivity index (χ0v) is 12.5. The monoisotopic (exact) mass is 298 g/mol. The molecule has 1 aliphatic rings. The van der Waals surface area contributed by atoms with E-state index < -0.39 is 0 Å². The lowest BCUT2D eigenvalue weighted by molar-refractivity contribution is 0.470. The summed E-state index contributed by atoms with van der Waals surface area (Å²) in [7, 11) is 0.118. The van der Waals surface area contributed by atoms with Gasteiger partial charge in [-0.2, -0.15) is 0 Å².